The van der Waals surface area contributed by atoms with Crippen molar-refractivity contribution in [3.05, 3.63) is 35.9 Å². The molecule has 1 heterocycles. The molecule has 4 heteroatoms. The summed E-state index contributed by atoms with van der Waals surface area (Å²) in [5.41, 5.74) is 0.905. The molecule has 1 fully saturated rings. The topological polar surface area (TPSA) is 40.5 Å². The van der Waals surface area contributed by atoms with Gasteiger partial charge in [0, 0.05) is 11.8 Å². The van der Waals surface area contributed by atoms with Gasteiger partial charge in [-0.1, -0.05) is 30.3 Å². The van der Waals surface area contributed by atoms with Gasteiger partial charge in [-0.25, -0.2) is 0 Å². The highest BCUT2D eigenvalue weighted by Crippen LogP contribution is 2.24. The number of piperidine rings is 1. The van der Waals surface area contributed by atoms with Crippen molar-refractivity contribution < 1.29 is 9.90 Å². The molecule has 19 heavy (non-hydrogen) atoms. The van der Waals surface area contributed by atoms with Gasteiger partial charge in [-0.3, -0.25) is 4.79 Å². The molecule has 0 spiro atoms. The van der Waals surface area contributed by atoms with E-state index < -0.39 is 11.9 Å². The number of carboxylic acids is 1. The molecule has 1 unspecified atom stereocenters. The number of hydrogen-bond donors (Lipinski definition) is 1. The van der Waals surface area contributed by atoms with E-state index in [4.69, 9.17) is 0 Å². The summed E-state index contributed by atoms with van der Waals surface area (Å²) >= 11 is 1.93. The molecule has 1 aromatic carbocycles. The van der Waals surface area contributed by atoms with Crippen LogP contribution in [0.2, 0.25) is 0 Å². The van der Waals surface area contributed by atoms with E-state index in [1.807, 2.05) is 42.1 Å². The molecular formula is C15H21NO2S. The minimum Gasteiger partial charge on any atom is -0.481 e. The molecule has 0 aromatic heterocycles. The van der Waals surface area contributed by atoms with Crippen LogP contribution in [0, 0.1) is 0 Å². The van der Waals surface area contributed by atoms with E-state index in [-0.39, 0.29) is 0 Å². The van der Waals surface area contributed by atoms with Crippen molar-refractivity contribution in [1.29, 1.82) is 0 Å². The van der Waals surface area contributed by atoms with Gasteiger partial charge in [0.15, 0.2) is 0 Å². The van der Waals surface area contributed by atoms with Crippen LogP contribution in [-0.4, -0.2) is 47.1 Å². The third-order valence-corrected chi connectivity index (χ3v) is 4.95. The number of thioether (sulfide) groups is 1. The van der Waals surface area contributed by atoms with Crippen LogP contribution < -0.4 is 0 Å². The fourth-order valence-corrected chi connectivity index (χ4v) is 3.28. The second kappa shape index (κ2) is 6.96. The number of carboxylic acid groups (broad SMARTS) is 1. The van der Waals surface area contributed by atoms with Crippen LogP contribution in [0.1, 0.15) is 24.3 Å². The number of rotatable bonds is 5. The SMILES string of the molecule is CSC1CCN(CC(C(=O)O)c2ccccc2)CC1. The van der Waals surface area contributed by atoms with Gasteiger partial charge >= 0.3 is 5.97 Å². The highest BCUT2D eigenvalue weighted by molar-refractivity contribution is 7.99. The van der Waals surface area contributed by atoms with Crippen LogP contribution in [0.15, 0.2) is 30.3 Å². The lowest BCUT2D eigenvalue weighted by Gasteiger charge is -2.32. The van der Waals surface area contributed by atoms with Crippen molar-refractivity contribution >= 4 is 17.7 Å². The van der Waals surface area contributed by atoms with Crippen LogP contribution in [-0.2, 0) is 4.79 Å². The Morgan fingerprint density at radius 1 is 1.37 bits per heavy atom. The molecule has 0 amide bonds. The lowest BCUT2D eigenvalue weighted by atomic mass is 9.97. The molecular weight excluding hydrogens is 258 g/mol. The predicted molar refractivity (Wildman–Crippen MR) is 79.8 cm³/mol. The highest BCUT2D eigenvalue weighted by atomic mass is 32.2. The first-order chi connectivity index (χ1) is 9.20. The third-order valence-electron chi connectivity index (χ3n) is 3.81. The van der Waals surface area contributed by atoms with Crippen molar-refractivity contribution in [1.82, 2.24) is 4.90 Å². The summed E-state index contributed by atoms with van der Waals surface area (Å²) in [5, 5.41) is 10.2. The lowest BCUT2D eigenvalue weighted by Crippen LogP contribution is -2.39. The maximum absolute atomic E-state index is 11.5. The molecule has 1 saturated heterocycles. The zero-order chi connectivity index (χ0) is 13.7. The molecule has 1 aromatic rings. The van der Waals surface area contributed by atoms with Gasteiger partial charge in [0.25, 0.3) is 0 Å². The van der Waals surface area contributed by atoms with E-state index in [9.17, 15) is 9.90 Å². The third kappa shape index (κ3) is 3.98. The monoisotopic (exact) mass is 279 g/mol. The van der Waals surface area contributed by atoms with Crippen molar-refractivity contribution in [2.75, 3.05) is 25.9 Å². The van der Waals surface area contributed by atoms with Crippen molar-refractivity contribution in [2.45, 2.75) is 24.0 Å². The molecule has 3 nitrogen and oxygen atoms in total. The number of hydrogen-bond acceptors (Lipinski definition) is 3. The number of likely N-dealkylation sites (tertiary alicyclic amines) is 1. The molecule has 1 aliphatic heterocycles. The van der Waals surface area contributed by atoms with Crippen molar-refractivity contribution in [3.63, 3.8) is 0 Å². The van der Waals surface area contributed by atoms with Gasteiger partial charge in [-0.05, 0) is 37.8 Å². The Kier molecular flexibility index (Phi) is 5.28. The zero-order valence-corrected chi connectivity index (χ0v) is 12.1. The zero-order valence-electron chi connectivity index (χ0n) is 11.3. The van der Waals surface area contributed by atoms with Gasteiger partial charge < -0.3 is 10.0 Å². The molecule has 0 aliphatic carbocycles. The standard InChI is InChI=1S/C15H21NO2S/c1-19-13-7-9-16(10-8-13)11-14(15(17)18)12-5-3-2-4-6-12/h2-6,13-14H,7-11H2,1H3,(H,17,18). The van der Waals surface area contributed by atoms with Crippen molar-refractivity contribution in [2.24, 2.45) is 0 Å². The van der Waals surface area contributed by atoms with Crippen molar-refractivity contribution in [3.8, 4) is 0 Å². The number of benzene rings is 1. The van der Waals surface area contributed by atoms with Gasteiger partial charge in [0.2, 0.25) is 0 Å². The summed E-state index contributed by atoms with van der Waals surface area (Å²) in [6.07, 6.45) is 4.49. The van der Waals surface area contributed by atoms with Crippen LogP contribution in [0.3, 0.4) is 0 Å². The second-order valence-corrected chi connectivity index (χ2v) is 6.18. The van der Waals surface area contributed by atoms with Gasteiger partial charge in [-0.2, -0.15) is 11.8 Å². The predicted octanol–water partition coefficient (Wildman–Crippen LogP) is 2.68. The normalized spacial score (nSPS) is 19.2. The first kappa shape index (κ1) is 14.4. The van der Waals surface area contributed by atoms with Gasteiger partial charge in [0.1, 0.15) is 0 Å². The second-order valence-electron chi connectivity index (χ2n) is 5.04. The van der Waals surface area contributed by atoms with E-state index in [0.29, 0.717) is 6.54 Å². The molecule has 104 valence electrons. The molecule has 0 radical (unpaired) electrons. The summed E-state index contributed by atoms with van der Waals surface area (Å²) in [6.45, 7) is 2.66. The Bertz CT molecular complexity index is 402. The maximum Gasteiger partial charge on any atom is 0.312 e. The molecule has 1 aliphatic rings. The Morgan fingerprint density at radius 2 is 2.00 bits per heavy atom. The summed E-state index contributed by atoms with van der Waals surface area (Å²) in [6, 6.07) is 9.56. The minimum absolute atomic E-state index is 0.410. The summed E-state index contributed by atoms with van der Waals surface area (Å²) in [7, 11) is 0. The Labute approximate surface area is 119 Å². The smallest absolute Gasteiger partial charge is 0.312 e. The fraction of sp³-hybridized carbons (Fsp3) is 0.533. The summed E-state index contributed by atoms with van der Waals surface area (Å²) in [5.74, 6) is -1.13. The van der Waals surface area contributed by atoms with Gasteiger partial charge in [0.05, 0.1) is 5.92 Å². The molecule has 0 saturated carbocycles. The van der Waals surface area contributed by atoms with Gasteiger partial charge in [-0.15, -0.1) is 0 Å². The van der Waals surface area contributed by atoms with E-state index in [2.05, 4.69) is 11.2 Å². The van der Waals surface area contributed by atoms with Crippen LogP contribution in [0.25, 0.3) is 0 Å². The number of aliphatic carboxylic acids is 1. The first-order valence-corrected chi connectivity index (χ1v) is 8.02. The molecule has 1 atom stereocenters. The highest BCUT2D eigenvalue weighted by Gasteiger charge is 2.25. The number of nitrogens with zero attached hydrogens (tertiary/aromatic N) is 1. The van der Waals surface area contributed by atoms with E-state index in [1.165, 1.54) is 12.8 Å². The van der Waals surface area contributed by atoms with Crippen LogP contribution in [0.5, 0.6) is 0 Å². The van der Waals surface area contributed by atoms with E-state index >= 15 is 0 Å². The average Bonchev–Trinajstić information content (AvgIpc) is 2.46. The molecule has 1 N–H and O–H groups in total. The first-order valence-electron chi connectivity index (χ1n) is 6.73. The molecule has 2 rings (SSSR count). The van der Waals surface area contributed by atoms with E-state index in [1.54, 1.807) is 0 Å². The summed E-state index contributed by atoms with van der Waals surface area (Å²) < 4.78 is 0. The Morgan fingerprint density at radius 3 is 2.53 bits per heavy atom. The largest absolute Gasteiger partial charge is 0.481 e. The van der Waals surface area contributed by atoms with Crippen LogP contribution in [0.4, 0.5) is 0 Å². The Balaban J connectivity index is 1.97. The van der Waals surface area contributed by atoms with Crippen LogP contribution >= 0.6 is 11.8 Å². The minimum atomic E-state index is -0.724. The maximum atomic E-state index is 11.5. The summed E-state index contributed by atoms with van der Waals surface area (Å²) in [4.78, 5) is 13.8. The average molecular weight is 279 g/mol. The fourth-order valence-electron chi connectivity index (χ4n) is 2.60. The quantitative estimate of drug-likeness (QED) is 0.899. The number of carbonyl (C=O) groups is 1. The van der Waals surface area contributed by atoms with E-state index in [0.717, 1.165) is 23.9 Å². The lowest BCUT2D eigenvalue weighted by molar-refractivity contribution is -0.139. The Hall–Kier alpha value is -1.00. The molecule has 0 bridgehead atoms.